The van der Waals surface area contributed by atoms with Crippen molar-refractivity contribution in [3.63, 3.8) is 0 Å². The molecule has 4 fully saturated rings. The van der Waals surface area contributed by atoms with Crippen molar-refractivity contribution in [2.45, 2.75) is 104 Å². The Labute approximate surface area is 145 Å². The van der Waals surface area contributed by atoms with Crippen LogP contribution >= 0.6 is 0 Å². The van der Waals surface area contributed by atoms with Crippen LogP contribution in [-0.4, -0.2) is 0 Å². The lowest BCUT2D eigenvalue weighted by atomic mass is 9.50. The minimum absolute atomic E-state index is 0.642. The van der Waals surface area contributed by atoms with Gasteiger partial charge in [0.05, 0.1) is 0 Å². The number of fused-ring (bicyclic) bond motifs is 3. The third-order valence-electron chi connectivity index (χ3n) is 9.72. The zero-order valence-electron chi connectivity index (χ0n) is 16.1. The van der Waals surface area contributed by atoms with Crippen molar-refractivity contribution in [2.24, 2.45) is 40.4 Å². The smallest absolute Gasteiger partial charge is 0.0264 e. The van der Waals surface area contributed by atoms with Crippen LogP contribution in [0.15, 0.2) is 0 Å². The van der Waals surface area contributed by atoms with Crippen LogP contribution in [0, 0.1) is 40.4 Å². The van der Waals surface area contributed by atoms with Crippen LogP contribution in [0.5, 0.6) is 0 Å². The fourth-order valence-electron chi connectivity index (χ4n) is 8.10. The van der Waals surface area contributed by atoms with E-state index in [-0.39, 0.29) is 0 Å². The Morgan fingerprint density at radius 2 is 1.43 bits per heavy atom. The molecule has 23 heavy (non-hydrogen) atoms. The van der Waals surface area contributed by atoms with Gasteiger partial charge in [0.15, 0.2) is 0 Å². The van der Waals surface area contributed by atoms with Gasteiger partial charge in [-0.25, -0.2) is 0 Å². The van der Waals surface area contributed by atoms with Gasteiger partial charge in [-0.15, -0.1) is 0 Å². The maximum absolute atomic E-state index is 2.74. The Morgan fingerprint density at radius 1 is 0.739 bits per heavy atom. The summed E-state index contributed by atoms with van der Waals surface area (Å²) in [5.41, 5.74) is 1.29. The van der Waals surface area contributed by atoms with Gasteiger partial charge in [0.25, 0.3) is 0 Å². The lowest BCUT2D eigenvalue weighted by Gasteiger charge is -2.55. The number of rotatable bonds is 2. The van der Waals surface area contributed by atoms with E-state index in [1.165, 1.54) is 57.8 Å². The first kappa shape index (κ1) is 16.5. The summed E-state index contributed by atoms with van der Waals surface area (Å²) < 4.78 is 0. The van der Waals surface area contributed by atoms with Crippen LogP contribution in [0.3, 0.4) is 0 Å². The summed E-state index contributed by atoms with van der Waals surface area (Å²) in [5, 5.41) is 0. The van der Waals surface area contributed by atoms with Crippen LogP contribution in [0.2, 0.25) is 0 Å². The minimum Gasteiger partial charge on any atom is -0.0615 e. The van der Waals surface area contributed by atoms with E-state index < -0.39 is 0 Å². The van der Waals surface area contributed by atoms with Gasteiger partial charge >= 0.3 is 0 Å². The van der Waals surface area contributed by atoms with Crippen molar-refractivity contribution in [1.29, 1.82) is 0 Å². The molecule has 6 unspecified atom stereocenters. The van der Waals surface area contributed by atoms with Gasteiger partial charge in [-0.2, -0.15) is 0 Å². The highest BCUT2D eigenvalue weighted by Crippen LogP contribution is 2.64. The van der Waals surface area contributed by atoms with Gasteiger partial charge in [-0.3, -0.25) is 0 Å². The van der Waals surface area contributed by atoms with Gasteiger partial charge in [0, 0.05) is 0 Å². The molecule has 0 aliphatic heterocycles. The second-order valence-corrected chi connectivity index (χ2v) is 10.5. The second kappa shape index (κ2) is 6.06. The first-order chi connectivity index (χ1) is 11.0. The van der Waals surface area contributed by atoms with E-state index in [0.717, 1.165) is 29.6 Å². The average molecular weight is 317 g/mol. The van der Waals surface area contributed by atoms with E-state index in [1.54, 1.807) is 25.7 Å². The second-order valence-electron chi connectivity index (χ2n) is 10.5. The molecule has 0 amide bonds. The number of hydrogen-bond donors (Lipinski definition) is 0. The Morgan fingerprint density at radius 3 is 2.22 bits per heavy atom. The van der Waals surface area contributed by atoms with E-state index in [0.29, 0.717) is 10.8 Å². The molecule has 0 aromatic carbocycles. The van der Waals surface area contributed by atoms with Gasteiger partial charge < -0.3 is 0 Å². The highest BCUT2D eigenvalue weighted by atomic mass is 14.6. The summed E-state index contributed by atoms with van der Waals surface area (Å²) >= 11 is 0. The molecule has 0 aromatic rings. The van der Waals surface area contributed by atoms with Crippen LogP contribution < -0.4 is 0 Å². The lowest BCUT2D eigenvalue weighted by Crippen LogP contribution is -2.47. The summed E-state index contributed by atoms with van der Waals surface area (Å²) in [4.78, 5) is 0. The Bertz CT molecular complexity index is 418. The highest BCUT2D eigenvalue weighted by molar-refractivity contribution is 5.05. The average Bonchev–Trinajstić information content (AvgIpc) is 2.95. The quantitative estimate of drug-likeness (QED) is 0.504. The monoisotopic (exact) mass is 316 g/mol. The molecule has 132 valence electrons. The molecule has 4 aliphatic rings. The van der Waals surface area contributed by atoms with Gasteiger partial charge in [0.2, 0.25) is 0 Å². The van der Waals surface area contributed by atoms with Gasteiger partial charge in [-0.05, 0) is 78.9 Å². The van der Waals surface area contributed by atoms with E-state index in [2.05, 4.69) is 20.8 Å². The predicted octanol–water partition coefficient (Wildman–Crippen LogP) is 7.23. The highest BCUT2D eigenvalue weighted by Gasteiger charge is 2.56. The molecule has 4 saturated carbocycles. The van der Waals surface area contributed by atoms with Crippen LogP contribution in [0.25, 0.3) is 0 Å². The van der Waals surface area contributed by atoms with Crippen LogP contribution in [0.1, 0.15) is 104 Å². The Balaban J connectivity index is 1.59. The summed E-state index contributed by atoms with van der Waals surface area (Å²) in [7, 11) is 0. The molecule has 0 bridgehead atoms. The molecule has 0 heteroatoms. The minimum atomic E-state index is 0.642. The summed E-state index contributed by atoms with van der Waals surface area (Å²) in [6.07, 6.45) is 20.0. The Hall–Kier alpha value is 0. The zero-order chi connectivity index (χ0) is 16.1. The van der Waals surface area contributed by atoms with E-state index in [9.17, 15) is 0 Å². The fourth-order valence-corrected chi connectivity index (χ4v) is 8.10. The number of hydrogen-bond acceptors (Lipinski definition) is 0. The van der Waals surface area contributed by atoms with Crippen molar-refractivity contribution in [1.82, 2.24) is 0 Å². The van der Waals surface area contributed by atoms with Crippen molar-refractivity contribution in [3.05, 3.63) is 0 Å². The van der Waals surface area contributed by atoms with E-state index in [4.69, 9.17) is 0 Å². The van der Waals surface area contributed by atoms with Crippen molar-refractivity contribution in [3.8, 4) is 0 Å². The van der Waals surface area contributed by atoms with Gasteiger partial charge in [0.1, 0.15) is 0 Å². The first-order valence-corrected chi connectivity index (χ1v) is 11.0. The van der Waals surface area contributed by atoms with E-state index >= 15 is 0 Å². The van der Waals surface area contributed by atoms with Crippen molar-refractivity contribution < 1.29 is 0 Å². The maximum Gasteiger partial charge on any atom is -0.0264 e. The molecule has 0 radical (unpaired) electrons. The summed E-state index contributed by atoms with van der Waals surface area (Å²) in [5.74, 6) is 5.34. The topological polar surface area (TPSA) is 0 Å². The first-order valence-electron chi connectivity index (χ1n) is 11.0. The molecule has 0 heterocycles. The molecule has 0 saturated heterocycles. The molecule has 0 spiro atoms. The largest absolute Gasteiger partial charge is 0.0615 e. The summed E-state index contributed by atoms with van der Waals surface area (Å²) in [6.45, 7) is 8.08. The molecule has 0 nitrogen and oxygen atoms in total. The standard InChI is InChI=1S/C23H40/c1-17(22(2)13-7-4-8-14-22)23(3)15-9-12-20-19-11-6-5-10-18(19)16-21(20)23/h17-21H,4-16H2,1-3H3. The SMILES string of the molecule is CC(C1(C)CCCCC1)C1(C)CCCC2C3CCCCC3CC21. The molecular weight excluding hydrogens is 276 g/mol. The molecule has 0 aromatic heterocycles. The van der Waals surface area contributed by atoms with E-state index in [1.807, 2.05) is 0 Å². The molecular formula is C23H40. The molecule has 4 aliphatic carbocycles. The maximum atomic E-state index is 2.74. The lowest BCUT2D eigenvalue weighted by molar-refractivity contribution is -0.0551. The van der Waals surface area contributed by atoms with Crippen LogP contribution in [-0.2, 0) is 0 Å². The summed E-state index contributed by atoms with van der Waals surface area (Å²) in [6, 6.07) is 0. The van der Waals surface area contributed by atoms with Gasteiger partial charge in [-0.1, -0.05) is 65.7 Å². The third kappa shape index (κ3) is 2.62. The normalized spacial score (nSPS) is 47.6. The third-order valence-corrected chi connectivity index (χ3v) is 9.72. The van der Waals surface area contributed by atoms with Crippen molar-refractivity contribution >= 4 is 0 Å². The van der Waals surface area contributed by atoms with Crippen molar-refractivity contribution in [2.75, 3.05) is 0 Å². The molecule has 0 N–H and O–H groups in total. The zero-order valence-corrected chi connectivity index (χ0v) is 16.1. The molecule has 6 atom stereocenters. The Kier molecular flexibility index (Phi) is 4.34. The predicted molar refractivity (Wildman–Crippen MR) is 99.4 cm³/mol. The molecule has 4 rings (SSSR count). The fraction of sp³-hybridized carbons (Fsp3) is 1.00. The van der Waals surface area contributed by atoms with Crippen LogP contribution in [0.4, 0.5) is 0 Å².